The van der Waals surface area contributed by atoms with E-state index >= 15 is 0 Å². The average Bonchev–Trinajstić information content (AvgIpc) is 2.94. The maximum atomic E-state index is 13.7. The number of aromatic nitrogens is 2. The largest absolute Gasteiger partial charge is 0.314 e. The second-order valence-corrected chi connectivity index (χ2v) is 6.02. The van der Waals surface area contributed by atoms with Crippen LogP contribution in [-0.4, -0.2) is 40.5 Å². The summed E-state index contributed by atoms with van der Waals surface area (Å²) in [5.74, 6) is -0.579. The van der Waals surface area contributed by atoms with Crippen molar-refractivity contribution in [3.63, 3.8) is 0 Å². The quantitative estimate of drug-likeness (QED) is 0.802. The summed E-state index contributed by atoms with van der Waals surface area (Å²) >= 11 is 0. The molecule has 0 bridgehead atoms. The van der Waals surface area contributed by atoms with Crippen molar-refractivity contribution in [3.05, 3.63) is 59.9 Å². The van der Waals surface area contributed by atoms with E-state index in [1.807, 2.05) is 0 Å². The van der Waals surface area contributed by atoms with Crippen molar-refractivity contribution in [1.29, 1.82) is 0 Å². The fraction of sp³-hybridized carbons (Fsp3) is 0.278. The molecular weight excluding hydrogens is 310 g/mol. The number of rotatable bonds is 3. The van der Waals surface area contributed by atoms with E-state index in [2.05, 4.69) is 15.2 Å². The molecule has 1 N–H and O–H groups in total. The molecule has 1 saturated heterocycles. The molecule has 6 heteroatoms. The van der Waals surface area contributed by atoms with Crippen LogP contribution in [0.3, 0.4) is 0 Å². The Morgan fingerprint density at radius 1 is 0.958 bits per heavy atom. The van der Waals surface area contributed by atoms with Gasteiger partial charge in [0, 0.05) is 44.5 Å². The van der Waals surface area contributed by atoms with Gasteiger partial charge >= 0.3 is 0 Å². The molecule has 4 rings (SSSR count). The molecule has 1 aliphatic rings. The first-order valence-corrected chi connectivity index (χ1v) is 8.06. The van der Waals surface area contributed by atoms with E-state index in [0.29, 0.717) is 12.2 Å². The normalized spacial score (nSPS) is 15.9. The zero-order valence-corrected chi connectivity index (χ0v) is 13.2. The number of nitrogens with one attached hydrogen (secondary N) is 1. The molecule has 0 amide bonds. The van der Waals surface area contributed by atoms with Gasteiger partial charge in [-0.05, 0) is 36.4 Å². The molecule has 0 spiro atoms. The second kappa shape index (κ2) is 6.30. The number of halogens is 2. The minimum absolute atomic E-state index is 0.280. The van der Waals surface area contributed by atoms with Gasteiger partial charge in [0.1, 0.15) is 17.3 Å². The monoisotopic (exact) mass is 328 g/mol. The van der Waals surface area contributed by atoms with Crippen molar-refractivity contribution in [3.8, 4) is 11.3 Å². The van der Waals surface area contributed by atoms with Crippen LogP contribution in [0.2, 0.25) is 0 Å². The van der Waals surface area contributed by atoms with Crippen LogP contribution in [0.4, 0.5) is 8.78 Å². The van der Waals surface area contributed by atoms with Gasteiger partial charge < -0.3 is 5.32 Å². The molecule has 0 unspecified atom stereocenters. The Kier molecular flexibility index (Phi) is 4.00. The molecule has 2 aromatic heterocycles. The minimum atomic E-state index is -0.299. The predicted molar refractivity (Wildman–Crippen MR) is 88.7 cm³/mol. The summed E-state index contributed by atoms with van der Waals surface area (Å²) in [6.07, 6.45) is 1.47. The van der Waals surface area contributed by atoms with Crippen LogP contribution >= 0.6 is 0 Å². The number of hydrogen-bond donors (Lipinski definition) is 1. The Labute approximate surface area is 138 Å². The fourth-order valence-corrected chi connectivity index (χ4v) is 3.14. The number of benzene rings is 1. The van der Waals surface area contributed by atoms with Crippen molar-refractivity contribution in [2.24, 2.45) is 0 Å². The van der Waals surface area contributed by atoms with E-state index in [1.165, 1.54) is 24.4 Å². The van der Waals surface area contributed by atoms with Gasteiger partial charge in [-0.25, -0.2) is 13.8 Å². The first kappa shape index (κ1) is 15.2. The molecular formula is C18H18F2N4. The van der Waals surface area contributed by atoms with Gasteiger partial charge in [0.25, 0.3) is 0 Å². The molecule has 1 fully saturated rings. The molecule has 1 aromatic carbocycles. The Morgan fingerprint density at radius 3 is 2.42 bits per heavy atom. The Balaban J connectivity index is 1.81. The highest BCUT2D eigenvalue weighted by molar-refractivity contribution is 5.66. The summed E-state index contributed by atoms with van der Waals surface area (Å²) in [7, 11) is 0. The lowest BCUT2D eigenvalue weighted by molar-refractivity contribution is 0.230. The standard InChI is InChI=1S/C18H18F2N4/c19-14-3-1-13(2-4-14)18-16(12-23-9-7-21-8-10-23)24-11-15(20)5-6-17(24)22-18/h1-6,11,21H,7-10,12H2. The van der Waals surface area contributed by atoms with E-state index in [1.54, 1.807) is 22.6 Å². The van der Waals surface area contributed by atoms with E-state index in [-0.39, 0.29) is 11.6 Å². The number of imidazole rings is 1. The topological polar surface area (TPSA) is 32.6 Å². The van der Waals surface area contributed by atoms with Crippen molar-refractivity contribution in [2.75, 3.05) is 26.2 Å². The molecule has 0 aliphatic carbocycles. The molecule has 3 heterocycles. The van der Waals surface area contributed by atoms with Crippen LogP contribution in [0, 0.1) is 11.6 Å². The van der Waals surface area contributed by atoms with E-state index < -0.39 is 0 Å². The highest BCUT2D eigenvalue weighted by Gasteiger charge is 2.19. The van der Waals surface area contributed by atoms with E-state index in [4.69, 9.17) is 0 Å². The van der Waals surface area contributed by atoms with Crippen molar-refractivity contribution in [1.82, 2.24) is 19.6 Å². The highest BCUT2D eigenvalue weighted by atomic mass is 19.1. The SMILES string of the molecule is Fc1ccc(-c2nc3ccc(F)cn3c2CN2CCNCC2)cc1. The van der Waals surface area contributed by atoms with Gasteiger partial charge in [-0.3, -0.25) is 9.30 Å². The number of piperazine rings is 1. The van der Waals surface area contributed by atoms with Gasteiger partial charge in [0.15, 0.2) is 0 Å². The maximum absolute atomic E-state index is 13.7. The summed E-state index contributed by atoms with van der Waals surface area (Å²) in [4.78, 5) is 6.97. The summed E-state index contributed by atoms with van der Waals surface area (Å²) < 4.78 is 28.8. The summed E-state index contributed by atoms with van der Waals surface area (Å²) in [5.41, 5.74) is 3.24. The van der Waals surface area contributed by atoms with Crippen LogP contribution in [0.25, 0.3) is 16.9 Å². The van der Waals surface area contributed by atoms with Gasteiger partial charge in [0.2, 0.25) is 0 Å². The molecule has 1 aliphatic heterocycles. The van der Waals surface area contributed by atoms with E-state index in [0.717, 1.165) is 43.1 Å². The Hall–Kier alpha value is -2.31. The van der Waals surface area contributed by atoms with Crippen LogP contribution in [0.15, 0.2) is 42.6 Å². The van der Waals surface area contributed by atoms with Gasteiger partial charge in [-0.1, -0.05) is 0 Å². The predicted octanol–water partition coefficient (Wildman–Crippen LogP) is 2.68. The van der Waals surface area contributed by atoms with Crippen LogP contribution in [-0.2, 0) is 6.54 Å². The molecule has 0 saturated carbocycles. The Bertz CT molecular complexity index is 851. The van der Waals surface area contributed by atoms with E-state index in [9.17, 15) is 8.78 Å². The van der Waals surface area contributed by atoms with Crippen molar-refractivity contribution >= 4 is 5.65 Å². The zero-order chi connectivity index (χ0) is 16.5. The minimum Gasteiger partial charge on any atom is -0.314 e. The summed E-state index contributed by atoms with van der Waals surface area (Å²) in [6, 6.07) is 9.36. The average molecular weight is 328 g/mol. The van der Waals surface area contributed by atoms with Crippen molar-refractivity contribution in [2.45, 2.75) is 6.54 Å². The first-order valence-electron chi connectivity index (χ1n) is 8.06. The fourth-order valence-electron chi connectivity index (χ4n) is 3.14. The second-order valence-electron chi connectivity index (χ2n) is 6.02. The lowest BCUT2D eigenvalue weighted by atomic mass is 10.1. The lowest BCUT2D eigenvalue weighted by Crippen LogP contribution is -2.43. The Morgan fingerprint density at radius 2 is 1.67 bits per heavy atom. The number of hydrogen-bond acceptors (Lipinski definition) is 3. The first-order chi connectivity index (χ1) is 11.7. The lowest BCUT2D eigenvalue weighted by Gasteiger charge is -2.27. The molecule has 4 nitrogen and oxygen atoms in total. The third kappa shape index (κ3) is 2.90. The molecule has 0 radical (unpaired) electrons. The molecule has 0 atom stereocenters. The summed E-state index contributed by atoms with van der Waals surface area (Å²) in [5, 5.41) is 3.33. The number of fused-ring (bicyclic) bond motifs is 1. The van der Waals surface area contributed by atoms with Gasteiger partial charge in [-0.2, -0.15) is 0 Å². The summed E-state index contributed by atoms with van der Waals surface area (Å²) in [6.45, 7) is 4.43. The van der Waals surface area contributed by atoms with Crippen LogP contribution < -0.4 is 5.32 Å². The molecule has 124 valence electrons. The number of nitrogens with zero attached hydrogens (tertiary/aromatic N) is 3. The van der Waals surface area contributed by atoms with Crippen LogP contribution in [0.5, 0.6) is 0 Å². The van der Waals surface area contributed by atoms with Crippen LogP contribution in [0.1, 0.15) is 5.69 Å². The van der Waals surface area contributed by atoms with Crippen molar-refractivity contribution < 1.29 is 8.78 Å². The molecule has 3 aromatic rings. The molecule has 24 heavy (non-hydrogen) atoms. The van der Waals surface area contributed by atoms with Gasteiger partial charge in [-0.15, -0.1) is 0 Å². The third-order valence-corrected chi connectivity index (χ3v) is 4.38. The van der Waals surface area contributed by atoms with Gasteiger partial charge in [0.05, 0.1) is 11.4 Å². The smallest absolute Gasteiger partial charge is 0.139 e. The zero-order valence-electron chi connectivity index (χ0n) is 13.2. The maximum Gasteiger partial charge on any atom is 0.139 e. The highest BCUT2D eigenvalue weighted by Crippen LogP contribution is 2.26. The number of pyridine rings is 1. The third-order valence-electron chi connectivity index (χ3n) is 4.38.